The summed E-state index contributed by atoms with van der Waals surface area (Å²) in [4.78, 5) is 4.42. The molecule has 0 fully saturated rings. The second-order valence-electron chi connectivity index (χ2n) is 3.38. The number of nitrogens with zero attached hydrogens (tertiary/aromatic N) is 1. The molecular formula is C12H12BrNO. The van der Waals surface area contributed by atoms with Crippen LogP contribution in [0.25, 0.3) is 11.3 Å². The molecule has 0 saturated carbocycles. The van der Waals surface area contributed by atoms with Crippen LogP contribution < -0.4 is 0 Å². The molecule has 0 N–H and O–H groups in total. The summed E-state index contributed by atoms with van der Waals surface area (Å²) in [6.07, 6.45) is 3.67. The van der Waals surface area contributed by atoms with Crippen LogP contribution in [-0.4, -0.2) is 4.98 Å². The van der Waals surface area contributed by atoms with E-state index in [9.17, 15) is 0 Å². The van der Waals surface area contributed by atoms with E-state index in [1.54, 1.807) is 6.26 Å². The van der Waals surface area contributed by atoms with Gasteiger partial charge in [-0.25, -0.2) is 4.98 Å². The van der Waals surface area contributed by atoms with Crippen molar-refractivity contribution in [1.29, 1.82) is 0 Å². The topological polar surface area (TPSA) is 26.0 Å². The van der Waals surface area contributed by atoms with Crippen molar-refractivity contribution in [2.45, 2.75) is 19.8 Å². The monoisotopic (exact) mass is 265 g/mol. The Morgan fingerprint density at radius 2 is 2.00 bits per heavy atom. The molecule has 1 heterocycles. The van der Waals surface area contributed by atoms with Crippen molar-refractivity contribution in [2.24, 2.45) is 0 Å². The van der Waals surface area contributed by atoms with E-state index in [1.807, 2.05) is 24.3 Å². The predicted molar refractivity (Wildman–Crippen MR) is 63.6 cm³/mol. The van der Waals surface area contributed by atoms with Crippen LogP contribution in [0.1, 0.15) is 19.2 Å². The largest absolute Gasteiger partial charge is 0.448 e. The molecule has 15 heavy (non-hydrogen) atoms. The van der Waals surface area contributed by atoms with Gasteiger partial charge < -0.3 is 4.42 Å². The number of aromatic nitrogens is 1. The highest BCUT2D eigenvalue weighted by atomic mass is 79.9. The molecule has 78 valence electrons. The van der Waals surface area contributed by atoms with Crippen LogP contribution in [0.5, 0.6) is 0 Å². The molecule has 1 aromatic carbocycles. The highest BCUT2D eigenvalue weighted by Gasteiger charge is 2.04. The number of hydrogen-bond acceptors (Lipinski definition) is 2. The molecule has 2 rings (SSSR count). The van der Waals surface area contributed by atoms with Crippen molar-refractivity contribution in [3.8, 4) is 11.3 Å². The van der Waals surface area contributed by atoms with Crippen molar-refractivity contribution in [1.82, 2.24) is 4.98 Å². The summed E-state index contributed by atoms with van der Waals surface area (Å²) in [6, 6.07) is 8.06. The maximum atomic E-state index is 5.37. The van der Waals surface area contributed by atoms with Gasteiger partial charge in [0.15, 0.2) is 5.89 Å². The van der Waals surface area contributed by atoms with Crippen molar-refractivity contribution in [3.05, 3.63) is 40.9 Å². The summed E-state index contributed by atoms with van der Waals surface area (Å²) >= 11 is 3.40. The van der Waals surface area contributed by atoms with Crippen LogP contribution in [0.2, 0.25) is 0 Å². The maximum absolute atomic E-state index is 5.37. The molecule has 3 heteroatoms. The van der Waals surface area contributed by atoms with Crippen molar-refractivity contribution >= 4 is 15.9 Å². The maximum Gasteiger partial charge on any atom is 0.194 e. The normalized spacial score (nSPS) is 10.5. The molecule has 0 bridgehead atoms. The van der Waals surface area contributed by atoms with E-state index >= 15 is 0 Å². The van der Waals surface area contributed by atoms with E-state index in [0.717, 1.165) is 34.5 Å². The molecule has 2 nitrogen and oxygen atoms in total. The third-order valence-corrected chi connectivity index (χ3v) is 2.68. The van der Waals surface area contributed by atoms with Crippen LogP contribution in [0.15, 0.2) is 39.4 Å². The second-order valence-corrected chi connectivity index (χ2v) is 4.30. The standard InChI is InChI=1S/C12H12BrNO/c1-2-3-12-14-11(8-15-12)9-4-6-10(13)7-5-9/h4-8H,2-3H2,1H3. The van der Waals surface area contributed by atoms with Gasteiger partial charge in [-0.15, -0.1) is 0 Å². The zero-order valence-electron chi connectivity index (χ0n) is 8.53. The first kappa shape index (κ1) is 10.4. The van der Waals surface area contributed by atoms with E-state index < -0.39 is 0 Å². The van der Waals surface area contributed by atoms with Crippen LogP contribution in [0.4, 0.5) is 0 Å². The first-order chi connectivity index (χ1) is 7.29. The van der Waals surface area contributed by atoms with Crippen molar-refractivity contribution in [3.63, 3.8) is 0 Å². The minimum absolute atomic E-state index is 0.815. The van der Waals surface area contributed by atoms with E-state index in [1.165, 1.54) is 0 Å². The van der Waals surface area contributed by atoms with Crippen molar-refractivity contribution in [2.75, 3.05) is 0 Å². The Labute approximate surface area is 97.5 Å². The fraction of sp³-hybridized carbons (Fsp3) is 0.250. The fourth-order valence-corrected chi connectivity index (χ4v) is 1.66. The average molecular weight is 266 g/mol. The molecule has 1 aromatic heterocycles. The van der Waals surface area contributed by atoms with E-state index in [0.29, 0.717) is 0 Å². The lowest BCUT2D eigenvalue weighted by Crippen LogP contribution is -1.83. The Bertz CT molecular complexity index is 433. The molecule has 0 radical (unpaired) electrons. The number of rotatable bonds is 3. The van der Waals surface area contributed by atoms with Gasteiger partial charge in [-0.2, -0.15) is 0 Å². The molecule has 0 aliphatic rings. The SMILES string of the molecule is CCCc1nc(-c2ccc(Br)cc2)co1. The third kappa shape index (κ3) is 2.48. The van der Waals surface area contributed by atoms with Gasteiger partial charge >= 0.3 is 0 Å². The summed E-state index contributed by atoms with van der Waals surface area (Å²) in [7, 11) is 0. The third-order valence-electron chi connectivity index (χ3n) is 2.16. The van der Waals surface area contributed by atoms with Gasteiger partial charge in [0, 0.05) is 16.5 Å². The molecule has 0 aliphatic carbocycles. The Balaban J connectivity index is 2.25. The van der Waals surface area contributed by atoms with E-state index in [2.05, 4.69) is 27.8 Å². The quantitative estimate of drug-likeness (QED) is 0.837. The highest BCUT2D eigenvalue weighted by Crippen LogP contribution is 2.21. The number of aryl methyl sites for hydroxylation is 1. The summed E-state index contributed by atoms with van der Waals surface area (Å²) in [6.45, 7) is 2.11. The van der Waals surface area contributed by atoms with Crippen LogP contribution in [0, 0.1) is 0 Å². The Hall–Kier alpha value is -1.09. The Kier molecular flexibility index (Phi) is 3.21. The number of oxazole rings is 1. The lowest BCUT2D eigenvalue weighted by molar-refractivity contribution is 0.491. The van der Waals surface area contributed by atoms with Gasteiger partial charge in [0.25, 0.3) is 0 Å². The molecular weight excluding hydrogens is 254 g/mol. The van der Waals surface area contributed by atoms with Crippen LogP contribution >= 0.6 is 15.9 Å². The number of halogens is 1. The lowest BCUT2D eigenvalue weighted by atomic mass is 10.2. The first-order valence-corrected chi connectivity index (χ1v) is 5.79. The van der Waals surface area contributed by atoms with Gasteiger partial charge in [-0.05, 0) is 18.6 Å². The smallest absolute Gasteiger partial charge is 0.194 e. The van der Waals surface area contributed by atoms with Gasteiger partial charge in [-0.3, -0.25) is 0 Å². The second kappa shape index (κ2) is 4.62. The molecule has 0 spiro atoms. The van der Waals surface area contributed by atoms with Gasteiger partial charge in [0.2, 0.25) is 0 Å². The predicted octanol–water partition coefficient (Wildman–Crippen LogP) is 4.06. The van der Waals surface area contributed by atoms with E-state index in [-0.39, 0.29) is 0 Å². The minimum Gasteiger partial charge on any atom is -0.448 e. The number of hydrogen-bond donors (Lipinski definition) is 0. The Morgan fingerprint density at radius 3 is 2.67 bits per heavy atom. The van der Waals surface area contributed by atoms with Crippen LogP contribution in [-0.2, 0) is 6.42 Å². The Morgan fingerprint density at radius 1 is 1.27 bits per heavy atom. The average Bonchev–Trinajstić information content (AvgIpc) is 2.68. The molecule has 0 atom stereocenters. The summed E-state index contributed by atoms with van der Waals surface area (Å²) in [5.74, 6) is 0.815. The van der Waals surface area contributed by atoms with Gasteiger partial charge in [0.1, 0.15) is 12.0 Å². The first-order valence-electron chi connectivity index (χ1n) is 5.00. The van der Waals surface area contributed by atoms with Gasteiger partial charge in [-0.1, -0.05) is 35.0 Å². The molecule has 0 saturated heterocycles. The zero-order valence-corrected chi connectivity index (χ0v) is 10.1. The summed E-state index contributed by atoms with van der Waals surface area (Å²) < 4.78 is 6.44. The lowest BCUT2D eigenvalue weighted by Gasteiger charge is -1.94. The molecule has 0 amide bonds. The number of benzene rings is 1. The minimum atomic E-state index is 0.815. The van der Waals surface area contributed by atoms with Crippen molar-refractivity contribution < 1.29 is 4.42 Å². The molecule has 0 unspecified atom stereocenters. The highest BCUT2D eigenvalue weighted by molar-refractivity contribution is 9.10. The van der Waals surface area contributed by atoms with Crippen LogP contribution in [0.3, 0.4) is 0 Å². The summed E-state index contributed by atoms with van der Waals surface area (Å²) in [5, 5.41) is 0. The molecule has 0 aliphatic heterocycles. The molecule has 2 aromatic rings. The summed E-state index contributed by atoms with van der Waals surface area (Å²) in [5.41, 5.74) is 2.00. The van der Waals surface area contributed by atoms with Gasteiger partial charge in [0.05, 0.1) is 0 Å². The zero-order chi connectivity index (χ0) is 10.7. The van der Waals surface area contributed by atoms with E-state index in [4.69, 9.17) is 4.42 Å². The fourth-order valence-electron chi connectivity index (χ4n) is 1.39.